The Bertz CT molecular complexity index is 409. The highest BCUT2D eigenvalue weighted by molar-refractivity contribution is 5.90. The predicted octanol–water partition coefficient (Wildman–Crippen LogP) is 4.33. The lowest BCUT2D eigenvalue weighted by molar-refractivity contribution is -0.114. The van der Waals surface area contributed by atoms with Crippen LogP contribution in [0, 0.1) is 6.92 Å². The summed E-state index contributed by atoms with van der Waals surface area (Å²) in [5.74, 6) is -0.0288. The molecule has 1 aromatic carbocycles. The van der Waals surface area contributed by atoms with Gasteiger partial charge >= 0.3 is 0 Å². The molecule has 0 heterocycles. The van der Waals surface area contributed by atoms with Gasteiger partial charge in [-0.2, -0.15) is 0 Å². The van der Waals surface area contributed by atoms with Crippen molar-refractivity contribution in [3.63, 3.8) is 0 Å². The molecule has 0 fully saturated rings. The number of benzene rings is 1. The minimum Gasteiger partial charge on any atom is -0.382 e. The summed E-state index contributed by atoms with van der Waals surface area (Å²) in [6, 6.07) is 6.67. The van der Waals surface area contributed by atoms with Crippen molar-refractivity contribution in [2.45, 2.75) is 59.4 Å². The van der Waals surface area contributed by atoms with Crippen LogP contribution in [-0.2, 0) is 4.79 Å². The lowest BCUT2D eigenvalue weighted by atomic mass is 10.1. The van der Waals surface area contributed by atoms with Crippen LogP contribution in [0.15, 0.2) is 18.2 Å². The zero-order valence-corrected chi connectivity index (χ0v) is 12.5. The second-order valence-electron chi connectivity index (χ2n) is 5.13. The van der Waals surface area contributed by atoms with Gasteiger partial charge in [0.1, 0.15) is 0 Å². The molecule has 19 heavy (non-hydrogen) atoms. The van der Waals surface area contributed by atoms with Crippen LogP contribution in [-0.4, -0.2) is 11.9 Å². The molecule has 3 heteroatoms. The van der Waals surface area contributed by atoms with Crippen LogP contribution in [0.1, 0.15) is 52.0 Å². The quantitative estimate of drug-likeness (QED) is 0.767. The van der Waals surface area contributed by atoms with E-state index in [1.165, 1.54) is 32.6 Å². The van der Waals surface area contributed by atoms with E-state index in [0.717, 1.165) is 16.9 Å². The maximum absolute atomic E-state index is 11.2. The Hall–Kier alpha value is -1.51. The molecule has 0 aliphatic carbocycles. The van der Waals surface area contributed by atoms with Crippen molar-refractivity contribution in [1.29, 1.82) is 0 Å². The van der Waals surface area contributed by atoms with Gasteiger partial charge in [-0.3, -0.25) is 4.79 Å². The minimum atomic E-state index is -0.0288. The monoisotopic (exact) mass is 262 g/mol. The van der Waals surface area contributed by atoms with Crippen LogP contribution in [0.25, 0.3) is 0 Å². The molecule has 3 nitrogen and oxygen atoms in total. The van der Waals surface area contributed by atoms with Gasteiger partial charge in [0, 0.05) is 24.3 Å². The number of carbonyl (C=O) groups excluding carboxylic acids is 1. The smallest absolute Gasteiger partial charge is 0.221 e. The molecule has 1 aromatic rings. The Labute approximate surface area is 116 Å². The summed E-state index contributed by atoms with van der Waals surface area (Å²) in [4.78, 5) is 11.2. The maximum Gasteiger partial charge on any atom is 0.221 e. The maximum atomic E-state index is 11.2. The topological polar surface area (TPSA) is 41.1 Å². The number of hydrogen-bond acceptors (Lipinski definition) is 2. The summed E-state index contributed by atoms with van der Waals surface area (Å²) < 4.78 is 0. The van der Waals surface area contributed by atoms with Gasteiger partial charge in [-0.25, -0.2) is 0 Å². The van der Waals surface area contributed by atoms with Gasteiger partial charge in [0.05, 0.1) is 0 Å². The van der Waals surface area contributed by atoms with E-state index in [2.05, 4.69) is 30.5 Å². The molecule has 1 rings (SSSR count). The SMILES string of the molecule is CCCC(CCC)Nc1ccc(C)c(NC(C)=O)c1. The highest BCUT2D eigenvalue weighted by Gasteiger charge is 2.08. The zero-order chi connectivity index (χ0) is 14.3. The van der Waals surface area contributed by atoms with Crippen LogP contribution >= 0.6 is 0 Å². The number of nitrogens with one attached hydrogen (secondary N) is 2. The first-order chi connectivity index (χ1) is 9.06. The van der Waals surface area contributed by atoms with E-state index < -0.39 is 0 Å². The normalized spacial score (nSPS) is 10.6. The Kier molecular flexibility index (Phi) is 6.40. The standard InChI is InChI=1S/C16H26N2O/c1-5-7-14(8-6-2)18-15-10-9-12(3)16(11-15)17-13(4)19/h9-11,14,18H,5-8H2,1-4H3,(H,17,19). The summed E-state index contributed by atoms with van der Waals surface area (Å²) in [5.41, 5.74) is 3.06. The van der Waals surface area contributed by atoms with Crippen molar-refractivity contribution in [2.24, 2.45) is 0 Å². The van der Waals surface area contributed by atoms with E-state index in [9.17, 15) is 4.79 Å². The van der Waals surface area contributed by atoms with Gasteiger partial charge in [0.15, 0.2) is 0 Å². The van der Waals surface area contributed by atoms with E-state index in [-0.39, 0.29) is 5.91 Å². The molecular weight excluding hydrogens is 236 g/mol. The van der Waals surface area contributed by atoms with Gasteiger partial charge in [0.25, 0.3) is 0 Å². The fraction of sp³-hybridized carbons (Fsp3) is 0.562. The number of aryl methyl sites for hydroxylation is 1. The summed E-state index contributed by atoms with van der Waals surface area (Å²) in [5, 5.41) is 6.44. The average Bonchev–Trinajstić information content (AvgIpc) is 2.33. The molecule has 0 aliphatic rings. The minimum absolute atomic E-state index is 0.0288. The third-order valence-corrected chi connectivity index (χ3v) is 3.19. The van der Waals surface area contributed by atoms with Crippen molar-refractivity contribution < 1.29 is 4.79 Å². The first-order valence-electron chi connectivity index (χ1n) is 7.21. The Morgan fingerprint density at radius 1 is 1.21 bits per heavy atom. The molecule has 0 unspecified atom stereocenters. The lowest BCUT2D eigenvalue weighted by Gasteiger charge is -2.20. The third-order valence-electron chi connectivity index (χ3n) is 3.19. The average molecular weight is 262 g/mol. The van der Waals surface area contributed by atoms with Crippen LogP contribution in [0.4, 0.5) is 11.4 Å². The predicted molar refractivity (Wildman–Crippen MR) is 82.7 cm³/mol. The molecule has 1 amide bonds. The molecule has 2 N–H and O–H groups in total. The molecule has 0 aromatic heterocycles. The van der Waals surface area contributed by atoms with Crippen LogP contribution in [0.3, 0.4) is 0 Å². The van der Waals surface area contributed by atoms with Crippen LogP contribution in [0.5, 0.6) is 0 Å². The highest BCUT2D eigenvalue weighted by atomic mass is 16.1. The van der Waals surface area contributed by atoms with Crippen molar-refractivity contribution in [1.82, 2.24) is 0 Å². The van der Waals surface area contributed by atoms with Gasteiger partial charge in [-0.1, -0.05) is 32.8 Å². The van der Waals surface area contributed by atoms with Gasteiger partial charge in [0.2, 0.25) is 5.91 Å². The lowest BCUT2D eigenvalue weighted by Crippen LogP contribution is -2.19. The molecule has 0 radical (unpaired) electrons. The fourth-order valence-corrected chi connectivity index (χ4v) is 2.26. The van der Waals surface area contributed by atoms with E-state index in [1.54, 1.807) is 0 Å². The van der Waals surface area contributed by atoms with Crippen molar-refractivity contribution >= 4 is 17.3 Å². The fourth-order valence-electron chi connectivity index (χ4n) is 2.26. The second kappa shape index (κ2) is 7.82. The molecule has 0 spiro atoms. The number of anilines is 2. The second-order valence-corrected chi connectivity index (χ2v) is 5.13. The highest BCUT2D eigenvalue weighted by Crippen LogP contribution is 2.22. The third kappa shape index (κ3) is 5.33. The number of hydrogen-bond donors (Lipinski definition) is 2. The van der Waals surface area contributed by atoms with E-state index in [4.69, 9.17) is 0 Å². The molecule has 0 saturated heterocycles. The largest absolute Gasteiger partial charge is 0.382 e. The van der Waals surface area contributed by atoms with Gasteiger partial charge in [-0.15, -0.1) is 0 Å². The Morgan fingerprint density at radius 3 is 2.37 bits per heavy atom. The number of carbonyl (C=O) groups is 1. The molecule has 0 saturated carbocycles. The molecule has 0 aliphatic heterocycles. The summed E-state index contributed by atoms with van der Waals surface area (Å²) >= 11 is 0. The summed E-state index contributed by atoms with van der Waals surface area (Å²) in [6.45, 7) is 7.96. The number of rotatable bonds is 7. The van der Waals surface area contributed by atoms with E-state index in [1.807, 2.05) is 19.1 Å². The van der Waals surface area contributed by atoms with Crippen molar-refractivity contribution in [2.75, 3.05) is 10.6 Å². The molecule has 106 valence electrons. The van der Waals surface area contributed by atoms with Crippen molar-refractivity contribution in [3.05, 3.63) is 23.8 Å². The zero-order valence-electron chi connectivity index (χ0n) is 12.5. The molecule has 0 bridgehead atoms. The summed E-state index contributed by atoms with van der Waals surface area (Å²) in [6.07, 6.45) is 4.72. The van der Waals surface area contributed by atoms with E-state index in [0.29, 0.717) is 6.04 Å². The number of amides is 1. The molecule has 0 atom stereocenters. The summed E-state index contributed by atoms with van der Waals surface area (Å²) in [7, 11) is 0. The van der Waals surface area contributed by atoms with Gasteiger partial charge in [-0.05, 0) is 37.5 Å². The van der Waals surface area contributed by atoms with E-state index >= 15 is 0 Å². The van der Waals surface area contributed by atoms with Gasteiger partial charge < -0.3 is 10.6 Å². The first-order valence-corrected chi connectivity index (χ1v) is 7.21. The van der Waals surface area contributed by atoms with Crippen LogP contribution < -0.4 is 10.6 Å². The Balaban J connectivity index is 2.79. The van der Waals surface area contributed by atoms with Crippen molar-refractivity contribution in [3.8, 4) is 0 Å². The molecular formula is C16H26N2O. The Morgan fingerprint density at radius 2 is 1.84 bits per heavy atom. The van der Waals surface area contributed by atoms with Crippen LogP contribution in [0.2, 0.25) is 0 Å². The first kappa shape index (κ1) is 15.5.